The summed E-state index contributed by atoms with van der Waals surface area (Å²) in [6, 6.07) is 11.2. The second-order valence-electron chi connectivity index (χ2n) is 5.97. The van der Waals surface area contributed by atoms with Crippen LogP contribution < -0.4 is 15.0 Å². The van der Waals surface area contributed by atoms with Crippen LogP contribution in [0.3, 0.4) is 0 Å². The summed E-state index contributed by atoms with van der Waals surface area (Å²) in [6.07, 6.45) is 3.98. The highest BCUT2D eigenvalue weighted by Gasteiger charge is 2.22. The summed E-state index contributed by atoms with van der Waals surface area (Å²) in [7, 11) is 1.59. The number of methoxy groups -OCH3 is 1. The van der Waals surface area contributed by atoms with Crippen molar-refractivity contribution in [2.75, 3.05) is 23.9 Å². The van der Waals surface area contributed by atoms with E-state index in [1.165, 1.54) is 6.08 Å². The number of hydrogen-bond acceptors (Lipinski definition) is 3. The van der Waals surface area contributed by atoms with Crippen LogP contribution >= 0.6 is 15.9 Å². The van der Waals surface area contributed by atoms with Crippen molar-refractivity contribution in [1.82, 2.24) is 0 Å². The maximum Gasteiger partial charge on any atom is 0.248 e. The van der Waals surface area contributed by atoms with Gasteiger partial charge in [0.15, 0.2) is 0 Å². The molecule has 1 N–H and O–H groups in total. The topological polar surface area (TPSA) is 58.6 Å². The molecule has 0 unspecified atom stereocenters. The van der Waals surface area contributed by atoms with Gasteiger partial charge in [0, 0.05) is 41.0 Å². The minimum atomic E-state index is -0.228. The average Bonchev–Trinajstić information content (AvgIpc) is 3.03. The van der Waals surface area contributed by atoms with E-state index in [9.17, 15) is 9.59 Å². The van der Waals surface area contributed by atoms with Crippen LogP contribution in [0.5, 0.6) is 5.75 Å². The van der Waals surface area contributed by atoms with Crippen LogP contribution in [0, 0.1) is 0 Å². The molecular weight excluding hydrogens is 396 g/mol. The third kappa shape index (κ3) is 3.96. The number of benzene rings is 2. The lowest BCUT2D eigenvalue weighted by Crippen LogP contribution is -2.25. The summed E-state index contributed by atoms with van der Waals surface area (Å²) in [5.74, 6) is 0.499. The maximum absolute atomic E-state index is 12.2. The first kappa shape index (κ1) is 18.2. The number of amides is 2. The van der Waals surface area contributed by atoms with Crippen LogP contribution in [-0.4, -0.2) is 25.5 Å². The lowest BCUT2D eigenvalue weighted by molar-refractivity contribution is -0.116. The Balaban J connectivity index is 1.71. The second kappa shape index (κ2) is 7.74. The Kier molecular flexibility index (Phi) is 5.42. The zero-order valence-electron chi connectivity index (χ0n) is 14.6. The van der Waals surface area contributed by atoms with Gasteiger partial charge in [0.2, 0.25) is 11.8 Å². The lowest BCUT2D eigenvalue weighted by Gasteiger charge is -2.14. The summed E-state index contributed by atoms with van der Waals surface area (Å²) < 4.78 is 6.20. The first-order valence-corrected chi connectivity index (χ1v) is 9.01. The molecule has 0 radical (unpaired) electrons. The van der Waals surface area contributed by atoms with E-state index in [1.807, 2.05) is 36.4 Å². The van der Waals surface area contributed by atoms with Crippen LogP contribution in [0.2, 0.25) is 0 Å². The number of hydrogen-bond donors (Lipinski definition) is 1. The molecule has 2 aromatic carbocycles. The minimum Gasteiger partial charge on any atom is -0.496 e. The number of rotatable bonds is 4. The van der Waals surface area contributed by atoms with E-state index in [1.54, 1.807) is 25.0 Å². The van der Waals surface area contributed by atoms with Crippen LogP contribution in [0.15, 0.2) is 46.9 Å². The number of fused-ring (bicyclic) bond motifs is 1. The molecule has 0 spiro atoms. The van der Waals surface area contributed by atoms with Gasteiger partial charge in [0.25, 0.3) is 0 Å². The van der Waals surface area contributed by atoms with Crippen molar-refractivity contribution in [1.29, 1.82) is 0 Å². The average molecular weight is 415 g/mol. The molecule has 134 valence electrons. The van der Waals surface area contributed by atoms with Crippen molar-refractivity contribution >= 4 is 45.2 Å². The van der Waals surface area contributed by atoms with Crippen LogP contribution in [-0.2, 0) is 16.0 Å². The fourth-order valence-corrected chi connectivity index (χ4v) is 3.37. The van der Waals surface area contributed by atoms with Crippen molar-refractivity contribution in [3.8, 4) is 5.75 Å². The zero-order chi connectivity index (χ0) is 18.7. The number of anilines is 2. The van der Waals surface area contributed by atoms with Crippen molar-refractivity contribution < 1.29 is 14.3 Å². The molecule has 1 aliphatic rings. The van der Waals surface area contributed by atoms with Gasteiger partial charge in [-0.05, 0) is 54.5 Å². The standard InChI is InChI=1S/C20H19BrN2O3/c1-13(24)23-10-9-14-12-17(5-6-18(14)23)22-20(25)8-3-15-11-16(21)4-7-19(15)26-2/h3-8,11-12H,9-10H2,1-2H3,(H,22,25)/b8-3+. The quantitative estimate of drug-likeness (QED) is 0.768. The molecule has 0 saturated heterocycles. The Bertz CT molecular complexity index is 893. The highest BCUT2D eigenvalue weighted by molar-refractivity contribution is 9.10. The molecular formula is C20H19BrN2O3. The molecule has 0 aliphatic carbocycles. The molecule has 26 heavy (non-hydrogen) atoms. The summed E-state index contributed by atoms with van der Waals surface area (Å²) in [6.45, 7) is 2.25. The molecule has 0 bridgehead atoms. The Morgan fingerprint density at radius 1 is 1.23 bits per heavy atom. The number of carbonyl (C=O) groups excluding carboxylic acids is 2. The van der Waals surface area contributed by atoms with E-state index in [0.29, 0.717) is 18.0 Å². The molecule has 6 heteroatoms. The number of carbonyl (C=O) groups is 2. The van der Waals surface area contributed by atoms with E-state index >= 15 is 0 Å². The largest absolute Gasteiger partial charge is 0.496 e. The van der Waals surface area contributed by atoms with Gasteiger partial charge in [-0.2, -0.15) is 0 Å². The van der Waals surface area contributed by atoms with Gasteiger partial charge >= 0.3 is 0 Å². The van der Waals surface area contributed by atoms with Crippen LogP contribution in [0.4, 0.5) is 11.4 Å². The third-order valence-electron chi connectivity index (χ3n) is 4.23. The predicted octanol–water partition coefficient (Wildman–Crippen LogP) is 4.02. The fourth-order valence-electron chi connectivity index (χ4n) is 2.99. The fraction of sp³-hybridized carbons (Fsp3) is 0.200. The van der Waals surface area contributed by atoms with Crippen molar-refractivity contribution in [2.24, 2.45) is 0 Å². The first-order valence-electron chi connectivity index (χ1n) is 8.21. The maximum atomic E-state index is 12.2. The molecule has 5 nitrogen and oxygen atoms in total. The minimum absolute atomic E-state index is 0.0337. The number of ether oxygens (including phenoxy) is 1. The second-order valence-corrected chi connectivity index (χ2v) is 6.89. The monoisotopic (exact) mass is 414 g/mol. The van der Waals surface area contributed by atoms with E-state index < -0.39 is 0 Å². The SMILES string of the molecule is COc1ccc(Br)cc1/C=C/C(=O)Nc1ccc2c(c1)CCN2C(C)=O. The van der Waals surface area contributed by atoms with Gasteiger partial charge in [0.05, 0.1) is 7.11 Å². The normalized spacial score (nSPS) is 13.0. The van der Waals surface area contributed by atoms with Crippen LogP contribution in [0.25, 0.3) is 6.08 Å². The summed E-state index contributed by atoms with van der Waals surface area (Å²) in [4.78, 5) is 25.6. The number of halogens is 1. The molecule has 2 aromatic rings. The zero-order valence-corrected chi connectivity index (χ0v) is 16.2. The van der Waals surface area contributed by atoms with Gasteiger partial charge in [-0.25, -0.2) is 0 Å². The molecule has 0 fully saturated rings. The Hall–Kier alpha value is -2.60. The molecule has 0 atom stereocenters. The van der Waals surface area contributed by atoms with E-state index in [2.05, 4.69) is 21.2 Å². The Morgan fingerprint density at radius 3 is 2.77 bits per heavy atom. The third-order valence-corrected chi connectivity index (χ3v) is 4.72. The number of nitrogens with one attached hydrogen (secondary N) is 1. The molecule has 1 heterocycles. The van der Waals surface area contributed by atoms with E-state index in [4.69, 9.17) is 4.74 Å². The highest BCUT2D eigenvalue weighted by Crippen LogP contribution is 2.30. The smallest absolute Gasteiger partial charge is 0.248 e. The van der Waals surface area contributed by atoms with Crippen molar-refractivity contribution in [2.45, 2.75) is 13.3 Å². The molecule has 2 amide bonds. The highest BCUT2D eigenvalue weighted by atomic mass is 79.9. The van der Waals surface area contributed by atoms with Gasteiger partial charge in [-0.3, -0.25) is 9.59 Å². The number of nitrogens with zero attached hydrogens (tertiary/aromatic N) is 1. The van der Waals surface area contributed by atoms with Gasteiger partial charge < -0.3 is 15.0 Å². The molecule has 3 rings (SSSR count). The lowest BCUT2D eigenvalue weighted by atomic mass is 10.1. The Labute approximate surface area is 160 Å². The van der Waals surface area contributed by atoms with E-state index in [0.717, 1.165) is 27.7 Å². The van der Waals surface area contributed by atoms with Crippen molar-refractivity contribution in [3.05, 3.63) is 58.1 Å². The van der Waals surface area contributed by atoms with Crippen molar-refractivity contribution in [3.63, 3.8) is 0 Å². The molecule has 1 aliphatic heterocycles. The van der Waals surface area contributed by atoms with Gasteiger partial charge in [-0.15, -0.1) is 0 Å². The first-order chi connectivity index (χ1) is 12.5. The van der Waals surface area contributed by atoms with E-state index in [-0.39, 0.29) is 11.8 Å². The van der Waals surface area contributed by atoms with Gasteiger partial charge in [-0.1, -0.05) is 15.9 Å². The van der Waals surface area contributed by atoms with Crippen LogP contribution in [0.1, 0.15) is 18.1 Å². The summed E-state index contributed by atoms with van der Waals surface area (Å²) >= 11 is 3.41. The Morgan fingerprint density at radius 2 is 2.04 bits per heavy atom. The summed E-state index contributed by atoms with van der Waals surface area (Å²) in [5, 5.41) is 2.86. The molecule has 0 aromatic heterocycles. The molecule has 0 saturated carbocycles. The van der Waals surface area contributed by atoms with Gasteiger partial charge in [0.1, 0.15) is 5.75 Å². The predicted molar refractivity (Wildman–Crippen MR) is 107 cm³/mol. The summed E-state index contributed by atoms with van der Waals surface area (Å²) in [5.41, 5.74) is 3.51.